The molecule has 3 aliphatic rings. The quantitative estimate of drug-likeness (QED) is 0.116. The van der Waals surface area contributed by atoms with E-state index in [1.807, 2.05) is 52.5 Å². The normalized spacial score (nSPS) is 21.1. The first-order chi connectivity index (χ1) is 28.3. The van der Waals surface area contributed by atoms with Crippen LogP contribution in [0.2, 0.25) is 0 Å². The van der Waals surface area contributed by atoms with E-state index in [0.717, 1.165) is 102 Å². The van der Waals surface area contributed by atoms with Crippen LogP contribution in [-0.4, -0.2) is 79.8 Å². The van der Waals surface area contributed by atoms with Crippen LogP contribution in [0.1, 0.15) is 93.6 Å². The summed E-state index contributed by atoms with van der Waals surface area (Å²) in [5, 5.41) is 5.75. The van der Waals surface area contributed by atoms with E-state index in [1.54, 1.807) is 0 Å². The molecule has 0 radical (unpaired) electrons. The summed E-state index contributed by atoms with van der Waals surface area (Å²) in [6.45, 7) is 2.70. The molecule has 300 valence electrons. The summed E-state index contributed by atoms with van der Waals surface area (Å²) < 4.78 is 4.83. The van der Waals surface area contributed by atoms with E-state index in [-0.39, 0.29) is 41.8 Å². The molecule has 3 fully saturated rings. The van der Waals surface area contributed by atoms with E-state index >= 15 is 0 Å². The Kier molecular flexibility index (Phi) is 11.4. The number of rotatable bonds is 10. The van der Waals surface area contributed by atoms with E-state index < -0.39 is 12.1 Å². The van der Waals surface area contributed by atoms with Crippen LogP contribution in [0.15, 0.2) is 91.3 Å². The van der Waals surface area contributed by atoms with Gasteiger partial charge in [0.15, 0.2) is 0 Å². The van der Waals surface area contributed by atoms with E-state index in [2.05, 4.69) is 69.1 Å². The van der Waals surface area contributed by atoms with Crippen molar-refractivity contribution in [3.05, 3.63) is 108 Å². The van der Waals surface area contributed by atoms with Crippen LogP contribution in [0.25, 0.3) is 33.6 Å². The Hall–Kier alpha value is -6.24. The molecule has 13 heteroatoms. The van der Waals surface area contributed by atoms with Crippen LogP contribution < -0.4 is 10.6 Å². The lowest BCUT2D eigenvalue weighted by Gasteiger charge is -2.35. The van der Waals surface area contributed by atoms with E-state index in [4.69, 9.17) is 14.7 Å². The van der Waals surface area contributed by atoms with Gasteiger partial charge >= 0.3 is 6.09 Å². The summed E-state index contributed by atoms with van der Waals surface area (Å²) in [6.07, 6.45) is 10.00. The van der Waals surface area contributed by atoms with E-state index in [1.165, 1.54) is 14.0 Å². The maximum absolute atomic E-state index is 13.9. The van der Waals surface area contributed by atoms with Crippen molar-refractivity contribution >= 4 is 23.8 Å². The first-order valence-electron chi connectivity index (χ1n) is 20.4. The van der Waals surface area contributed by atoms with Crippen molar-refractivity contribution in [3.63, 3.8) is 0 Å². The second-order valence-corrected chi connectivity index (χ2v) is 15.6. The van der Waals surface area contributed by atoms with Gasteiger partial charge in [-0.25, -0.2) is 14.8 Å². The average molecular weight is 783 g/mol. The van der Waals surface area contributed by atoms with Gasteiger partial charge in [0, 0.05) is 26.1 Å². The summed E-state index contributed by atoms with van der Waals surface area (Å²) in [5.41, 5.74) is 6.64. The molecule has 0 spiro atoms. The molecule has 3 aromatic carbocycles. The SMILES string of the molecule is COC(=O)N[C@@H]1CCCC[C@@H]1C(=O)N1CCC[C@H]1c1ncc(-c2ccc(-c3ccc(-c4cnc([C@@H]5CCCN5C(=O)[C@H](NC(C)=O)c5ccccc5)[nH]4)cc3)cc2)[nH]1. The molecule has 4 N–H and O–H groups in total. The molecule has 4 amide bonds. The number of H-pyrrole nitrogens is 2. The number of hydrogen-bond acceptors (Lipinski definition) is 7. The second-order valence-electron chi connectivity index (χ2n) is 15.6. The molecule has 5 aromatic rings. The van der Waals surface area contributed by atoms with Crippen molar-refractivity contribution < 1.29 is 23.9 Å². The Morgan fingerprint density at radius 2 is 1.22 bits per heavy atom. The summed E-state index contributed by atoms with van der Waals surface area (Å²) in [4.78, 5) is 72.0. The molecule has 8 rings (SSSR count). The van der Waals surface area contributed by atoms with Gasteiger partial charge in [-0.05, 0) is 66.3 Å². The van der Waals surface area contributed by atoms with Crippen LogP contribution in [0.5, 0.6) is 0 Å². The van der Waals surface area contributed by atoms with Crippen molar-refractivity contribution in [1.82, 2.24) is 40.4 Å². The number of carbonyl (C=O) groups is 4. The molecule has 1 saturated carbocycles. The highest BCUT2D eigenvalue weighted by Crippen LogP contribution is 2.37. The van der Waals surface area contributed by atoms with Crippen LogP contribution in [0.4, 0.5) is 4.79 Å². The van der Waals surface area contributed by atoms with Crippen molar-refractivity contribution in [2.45, 2.75) is 82.5 Å². The maximum atomic E-state index is 13.9. The molecule has 4 heterocycles. The van der Waals surface area contributed by atoms with Gasteiger partial charge in [-0.2, -0.15) is 0 Å². The Balaban J connectivity index is 0.915. The van der Waals surface area contributed by atoms with Crippen LogP contribution in [0.3, 0.4) is 0 Å². The molecule has 2 saturated heterocycles. The predicted octanol–water partition coefficient (Wildman–Crippen LogP) is 7.25. The lowest BCUT2D eigenvalue weighted by atomic mass is 9.83. The highest BCUT2D eigenvalue weighted by molar-refractivity contribution is 5.88. The number of aromatic nitrogens is 4. The number of carbonyl (C=O) groups excluding carboxylic acids is 4. The van der Waals surface area contributed by atoms with Crippen molar-refractivity contribution in [3.8, 4) is 33.6 Å². The third-order valence-corrected chi connectivity index (χ3v) is 11.9. The predicted molar refractivity (Wildman–Crippen MR) is 219 cm³/mol. The molecule has 58 heavy (non-hydrogen) atoms. The minimum Gasteiger partial charge on any atom is -0.453 e. The highest BCUT2D eigenvalue weighted by atomic mass is 16.5. The van der Waals surface area contributed by atoms with Crippen LogP contribution in [-0.2, 0) is 19.1 Å². The minimum atomic E-state index is -0.758. The highest BCUT2D eigenvalue weighted by Gasteiger charge is 2.40. The number of benzene rings is 3. The summed E-state index contributed by atoms with van der Waals surface area (Å²) in [6, 6.07) is 24.7. The maximum Gasteiger partial charge on any atom is 0.407 e. The van der Waals surface area contributed by atoms with Crippen LogP contribution >= 0.6 is 0 Å². The van der Waals surface area contributed by atoms with Gasteiger partial charge in [0.25, 0.3) is 0 Å². The third kappa shape index (κ3) is 8.11. The standard InChI is InChI=1S/C45H50N8O5/c1-28(54)48-40(33-10-4-3-5-11-33)44(56)53-25-9-15-39(53)42-47-27-37(50-42)32-22-18-30(19-23-32)29-16-20-31(21-17-29)36-26-46-41(49-36)38-14-8-24-52(38)43(55)34-12-6-7-13-35(34)51-45(57)58-2/h3-5,10-11,16-23,26-27,34-35,38-40H,6-9,12-15,24-25H2,1-2H3,(H,46,49)(H,47,50)(H,48,54)(H,51,57)/t34-,35+,38-,39-,40+/m0/s1. The van der Waals surface area contributed by atoms with Gasteiger partial charge in [0.05, 0.1) is 48.9 Å². The van der Waals surface area contributed by atoms with E-state index in [0.29, 0.717) is 13.1 Å². The van der Waals surface area contributed by atoms with Crippen molar-refractivity contribution in [2.24, 2.45) is 5.92 Å². The number of nitrogens with zero attached hydrogens (tertiary/aromatic N) is 4. The zero-order chi connectivity index (χ0) is 40.2. The molecule has 2 aliphatic heterocycles. The van der Waals surface area contributed by atoms with Gasteiger partial charge in [-0.1, -0.05) is 91.7 Å². The molecule has 5 atom stereocenters. The molecular formula is C45H50N8O5. The zero-order valence-electron chi connectivity index (χ0n) is 32.9. The van der Waals surface area contributed by atoms with Gasteiger partial charge in [0.1, 0.15) is 17.7 Å². The summed E-state index contributed by atoms with van der Waals surface area (Å²) >= 11 is 0. The largest absolute Gasteiger partial charge is 0.453 e. The molecule has 0 bridgehead atoms. The van der Waals surface area contributed by atoms with Gasteiger partial charge < -0.3 is 35.1 Å². The molecule has 13 nitrogen and oxygen atoms in total. The second kappa shape index (κ2) is 17.1. The zero-order valence-corrected chi connectivity index (χ0v) is 32.9. The molecule has 2 aromatic heterocycles. The summed E-state index contributed by atoms with van der Waals surface area (Å²) in [7, 11) is 1.35. The van der Waals surface area contributed by atoms with E-state index in [9.17, 15) is 19.2 Å². The summed E-state index contributed by atoms with van der Waals surface area (Å²) in [5.74, 6) is 0.928. The molecular weight excluding hydrogens is 733 g/mol. The van der Waals surface area contributed by atoms with Gasteiger partial charge in [-0.15, -0.1) is 0 Å². The fraction of sp³-hybridized carbons (Fsp3) is 0.378. The Morgan fingerprint density at radius 3 is 1.79 bits per heavy atom. The first kappa shape index (κ1) is 38.6. The van der Waals surface area contributed by atoms with Gasteiger partial charge in [-0.3, -0.25) is 14.4 Å². The van der Waals surface area contributed by atoms with Crippen molar-refractivity contribution in [1.29, 1.82) is 0 Å². The molecule has 1 aliphatic carbocycles. The monoisotopic (exact) mass is 782 g/mol. The minimum absolute atomic E-state index is 0.0781. The Bertz CT molecular complexity index is 2230. The first-order valence-corrected chi connectivity index (χ1v) is 20.4. The number of alkyl carbamates (subject to hydrolysis) is 1. The lowest BCUT2D eigenvalue weighted by molar-refractivity contribution is -0.138. The number of hydrogen-bond donors (Lipinski definition) is 4. The fourth-order valence-electron chi connectivity index (χ4n) is 8.94. The topological polar surface area (TPSA) is 165 Å². The number of ether oxygens (including phenoxy) is 1. The number of imidazole rings is 2. The Labute approximate surface area is 338 Å². The van der Waals surface area contributed by atoms with Crippen molar-refractivity contribution in [2.75, 3.05) is 20.2 Å². The number of aromatic amines is 2. The molecule has 0 unspecified atom stereocenters. The third-order valence-electron chi connectivity index (χ3n) is 11.9. The number of likely N-dealkylation sites (tertiary alicyclic amines) is 2. The van der Waals surface area contributed by atoms with Crippen LogP contribution in [0, 0.1) is 5.92 Å². The number of methoxy groups -OCH3 is 1. The number of amides is 4. The van der Waals surface area contributed by atoms with Gasteiger partial charge in [0.2, 0.25) is 17.7 Å². The Morgan fingerprint density at radius 1 is 0.690 bits per heavy atom. The number of nitrogens with one attached hydrogen (secondary N) is 4. The average Bonchev–Trinajstić information content (AvgIpc) is 4.10. The fourth-order valence-corrected chi connectivity index (χ4v) is 8.94. The smallest absolute Gasteiger partial charge is 0.407 e. The lowest BCUT2D eigenvalue weighted by Crippen LogP contribution is -2.49.